The number of para-hydroxylation sites is 2. The average molecular weight is 574 g/mol. The molecule has 228 valence electrons. The minimum atomic E-state index is -1.09. The Hall–Kier alpha value is -3.95. The number of hydrogen-bond donors (Lipinski definition) is 3. The fraction of sp³-hybridized carbons (Fsp3) is 0.516. The zero-order valence-corrected chi connectivity index (χ0v) is 25.5. The Labute approximate surface area is 244 Å². The van der Waals surface area contributed by atoms with Crippen LogP contribution in [0.2, 0.25) is 0 Å². The molecule has 10 heteroatoms. The van der Waals surface area contributed by atoms with Crippen LogP contribution in [-0.4, -0.2) is 61.2 Å². The molecule has 0 fully saturated rings. The van der Waals surface area contributed by atoms with Gasteiger partial charge in [-0.3, -0.25) is 5.32 Å². The first-order valence-electron chi connectivity index (χ1n) is 14.2. The monoisotopic (exact) mass is 573 g/mol. The lowest BCUT2D eigenvalue weighted by atomic mass is 10.1. The van der Waals surface area contributed by atoms with Gasteiger partial charge in [0.2, 0.25) is 0 Å². The van der Waals surface area contributed by atoms with Gasteiger partial charge in [-0.25, -0.2) is 14.4 Å². The van der Waals surface area contributed by atoms with Gasteiger partial charge in [0.1, 0.15) is 17.4 Å². The van der Waals surface area contributed by atoms with E-state index in [1.54, 1.807) is 33.8 Å². The van der Waals surface area contributed by atoms with Gasteiger partial charge in [-0.1, -0.05) is 37.6 Å². The number of unbranched alkanes of at least 4 members (excludes halogenated alkanes) is 1. The van der Waals surface area contributed by atoms with Crippen LogP contribution in [0.5, 0.6) is 5.75 Å². The summed E-state index contributed by atoms with van der Waals surface area (Å²) in [6, 6.07) is 14.0. The van der Waals surface area contributed by atoms with Crippen molar-refractivity contribution in [1.82, 2.24) is 5.32 Å². The van der Waals surface area contributed by atoms with Crippen molar-refractivity contribution in [1.29, 1.82) is 0 Å². The average Bonchev–Trinajstić information content (AvgIpc) is 2.90. The number of nitrogens with one attached hydrogen (secondary N) is 2. The smallest absolute Gasteiger partial charge is 0.411 e. The Kier molecular flexibility index (Phi) is 15.7. The highest BCUT2D eigenvalue weighted by molar-refractivity contribution is 5.86. The Morgan fingerprint density at radius 2 is 1.56 bits per heavy atom. The second kappa shape index (κ2) is 18.4. The Morgan fingerprint density at radius 3 is 2.10 bits per heavy atom. The maximum Gasteiger partial charge on any atom is 0.411 e. The number of amides is 2. The molecule has 2 rings (SSSR count). The largest absolute Gasteiger partial charge is 0.491 e. The maximum absolute atomic E-state index is 11.8. The van der Waals surface area contributed by atoms with Crippen LogP contribution in [0.4, 0.5) is 21.0 Å². The van der Waals surface area contributed by atoms with Crippen molar-refractivity contribution in [3.63, 3.8) is 0 Å². The number of anilines is 2. The fourth-order valence-corrected chi connectivity index (χ4v) is 3.62. The number of aliphatic carboxylic acids is 1. The second-order valence-electron chi connectivity index (χ2n) is 10.1. The summed E-state index contributed by atoms with van der Waals surface area (Å²) in [5.74, 6) is -0.414. The van der Waals surface area contributed by atoms with Crippen LogP contribution in [-0.2, 0) is 20.7 Å². The van der Waals surface area contributed by atoms with Crippen LogP contribution in [0, 0.1) is 0 Å². The fourth-order valence-electron chi connectivity index (χ4n) is 3.62. The summed E-state index contributed by atoms with van der Waals surface area (Å²) in [6.07, 6.45) is 1.09. The lowest BCUT2D eigenvalue weighted by Gasteiger charge is -2.23. The van der Waals surface area contributed by atoms with Crippen molar-refractivity contribution in [3.8, 4) is 5.75 Å². The van der Waals surface area contributed by atoms with Gasteiger partial charge in [0.15, 0.2) is 0 Å². The third kappa shape index (κ3) is 14.3. The van der Waals surface area contributed by atoms with Crippen LogP contribution in [0.25, 0.3) is 0 Å². The SMILES string of the molecule is CCCCOc1ccccc1NC(=O)OCC.CCN(CC)c1ccc(CC(NC(=O)OC(C)(C)C)C(=O)O)cc1. The summed E-state index contributed by atoms with van der Waals surface area (Å²) in [6.45, 7) is 16.1. The highest BCUT2D eigenvalue weighted by atomic mass is 16.6. The zero-order valence-electron chi connectivity index (χ0n) is 25.5. The van der Waals surface area contributed by atoms with Gasteiger partial charge in [0, 0.05) is 25.2 Å². The number of carbonyl (C=O) groups is 3. The first kappa shape index (κ1) is 35.1. The summed E-state index contributed by atoms with van der Waals surface area (Å²) in [5, 5.41) is 14.4. The molecule has 41 heavy (non-hydrogen) atoms. The Morgan fingerprint density at radius 1 is 0.927 bits per heavy atom. The summed E-state index contributed by atoms with van der Waals surface area (Å²) in [4.78, 5) is 36.7. The highest BCUT2D eigenvalue weighted by Crippen LogP contribution is 2.24. The van der Waals surface area contributed by atoms with Crippen molar-refractivity contribution < 1.29 is 33.7 Å². The highest BCUT2D eigenvalue weighted by Gasteiger charge is 2.24. The number of ether oxygens (including phenoxy) is 3. The molecular weight excluding hydrogens is 526 g/mol. The third-order valence-corrected chi connectivity index (χ3v) is 5.65. The summed E-state index contributed by atoms with van der Waals surface area (Å²) < 4.78 is 15.5. The number of rotatable bonds is 13. The molecule has 0 radical (unpaired) electrons. The predicted octanol–water partition coefficient (Wildman–Crippen LogP) is 6.49. The molecule has 1 atom stereocenters. The summed E-state index contributed by atoms with van der Waals surface area (Å²) >= 11 is 0. The van der Waals surface area contributed by atoms with Gasteiger partial charge in [0.05, 0.1) is 18.9 Å². The molecule has 2 aromatic carbocycles. The molecule has 10 nitrogen and oxygen atoms in total. The molecule has 2 aromatic rings. The molecule has 3 N–H and O–H groups in total. The van der Waals surface area contributed by atoms with E-state index in [2.05, 4.69) is 36.3 Å². The first-order valence-corrected chi connectivity index (χ1v) is 14.2. The summed E-state index contributed by atoms with van der Waals surface area (Å²) in [7, 11) is 0. The Bertz CT molecular complexity index is 1060. The molecule has 0 spiro atoms. The van der Waals surface area contributed by atoms with E-state index in [0.717, 1.165) is 37.2 Å². The van der Waals surface area contributed by atoms with Crippen molar-refractivity contribution in [2.45, 2.75) is 79.4 Å². The quantitative estimate of drug-likeness (QED) is 0.232. The topological polar surface area (TPSA) is 126 Å². The molecular formula is C31H47N3O7. The molecule has 0 saturated heterocycles. The second-order valence-corrected chi connectivity index (χ2v) is 10.1. The minimum absolute atomic E-state index is 0.201. The minimum Gasteiger partial charge on any atom is -0.491 e. The molecule has 0 saturated carbocycles. The number of carboxylic acids is 1. The number of hydrogen-bond acceptors (Lipinski definition) is 7. The number of nitrogens with zero attached hydrogens (tertiary/aromatic N) is 1. The van der Waals surface area contributed by atoms with Crippen molar-refractivity contribution in [2.24, 2.45) is 0 Å². The zero-order chi connectivity index (χ0) is 30.8. The molecule has 0 heterocycles. The standard InChI is InChI=1S/C18H28N2O4.C13H19NO3/c1-6-20(7-2)14-10-8-13(9-11-14)12-15(16(21)22)19-17(23)24-18(3,4)5;1-3-5-10-17-12-9-7-6-8-11(12)14-13(15)16-4-2/h8-11,15H,6-7,12H2,1-5H3,(H,19,23)(H,21,22);6-9H,3-5,10H2,1-2H3,(H,14,15). The van der Waals surface area contributed by atoms with E-state index in [-0.39, 0.29) is 6.42 Å². The van der Waals surface area contributed by atoms with Gasteiger partial charge < -0.3 is 29.5 Å². The van der Waals surface area contributed by atoms with E-state index in [4.69, 9.17) is 14.2 Å². The van der Waals surface area contributed by atoms with Gasteiger partial charge in [0.25, 0.3) is 0 Å². The number of carbonyl (C=O) groups excluding carboxylic acids is 2. The number of carboxylic acid groups (broad SMARTS) is 1. The molecule has 0 aromatic heterocycles. The number of alkyl carbamates (subject to hydrolysis) is 1. The molecule has 2 amide bonds. The van der Waals surface area contributed by atoms with E-state index in [0.29, 0.717) is 24.7 Å². The normalized spacial score (nSPS) is 11.3. The summed E-state index contributed by atoms with van der Waals surface area (Å²) in [5.41, 5.74) is 1.91. The van der Waals surface area contributed by atoms with Crippen LogP contribution >= 0.6 is 0 Å². The molecule has 0 aliphatic heterocycles. The Balaban J connectivity index is 0.000000435. The van der Waals surface area contributed by atoms with Crippen LogP contribution < -0.4 is 20.3 Å². The van der Waals surface area contributed by atoms with E-state index >= 15 is 0 Å². The van der Waals surface area contributed by atoms with Gasteiger partial charge in [-0.05, 0) is 77.8 Å². The van der Waals surface area contributed by atoms with Crippen molar-refractivity contribution in [3.05, 3.63) is 54.1 Å². The lowest BCUT2D eigenvalue weighted by Crippen LogP contribution is -2.44. The van der Waals surface area contributed by atoms with Crippen molar-refractivity contribution in [2.75, 3.05) is 36.5 Å². The molecule has 0 bridgehead atoms. The van der Waals surface area contributed by atoms with E-state index in [9.17, 15) is 19.5 Å². The van der Waals surface area contributed by atoms with E-state index in [1.807, 2.05) is 42.5 Å². The van der Waals surface area contributed by atoms with Crippen LogP contribution in [0.3, 0.4) is 0 Å². The lowest BCUT2D eigenvalue weighted by molar-refractivity contribution is -0.139. The van der Waals surface area contributed by atoms with Crippen LogP contribution in [0.15, 0.2) is 48.5 Å². The van der Waals surface area contributed by atoms with E-state index < -0.39 is 29.8 Å². The third-order valence-electron chi connectivity index (χ3n) is 5.65. The number of benzene rings is 2. The molecule has 0 aliphatic carbocycles. The van der Waals surface area contributed by atoms with Gasteiger partial charge in [-0.15, -0.1) is 0 Å². The maximum atomic E-state index is 11.8. The predicted molar refractivity (Wildman–Crippen MR) is 162 cm³/mol. The van der Waals surface area contributed by atoms with Gasteiger partial charge in [-0.2, -0.15) is 0 Å². The molecule has 1 unspecified atom stereocenters. The van der Waals surface area contributed by atoms with Gasteiger partial charge >= 0.3 is 18.2 Å². The van der Waals surface area contributed by atoms with E-state index in [1.165, 1.54) is 0 Å². The van der Waals surface area contributed by atoms with Crippen LogP contribution in [0.1, 0.15) is 66.9 Å². The first-order chi connectivity index (χ1) is 19.4. The van der Waals surface area contributed by atoms with Crippen molar-refractivity contribution >= 4 is 29.5 Å². The molecule has 0 aliphatic rings.